The Hall–Kier alpha value is -3.09. The molecule has 21 heavy (non-hydrogen) atoms. The number of aromatic carboxylic acids is 1. The Morgan fingerprint density at radius 3 is 2.33 bits per heavy atom. The van der Waals surface area contributed by atoms with Crippen molar-refractivity contribution in [3.8, 4) is 11.5 Å². The van der Waals surface area contributed by atoms with Crippen LogP contribution >= 0.6 is 0 Å². The molecule has 0 unspecified atom stereocenters. The van der Waals surface area contributed by atoms with Crippen molar-refractivity contribution in [2.75, 3.05) is 5.32 Å². The molecule has 0 spiro atoms. The number of hydrogen-bond acceptors (Lipinski definition) is 4. The molecule has 4 N–H and O–H groups in total. The van der Waals surface area contributed by atoms with Crippen LogP contribution in [0.15, 0.2) is 36.4 Å². The van der Waals surface area contributed by atoms with Gasteiger partial charge in [-0.25, -0.2) is 9.18 Å². The molecule has 0 heterocycles. The summed E-state index contributed by atoms with van der Waals surface area (Å²) in [6, 6.07) is 6.21. The number of anilines is 1. The molecular weight excluding hydrogens is 281 g/mol. The van der Waals surface area contributed by atoms with Crippen molar-refractivity contribution >= 4 is 17.6 Å². The van der Waals surface area contributed by atoms with E-state index in [0.717, 1.165) is 30.3 Å². The summed E-state index contributed by atoms with van der Waals surface area (Å²) in [6.07, 6.45) is 0. The van der Waals surface area contributed by atoms with Gasteiger partial charge in [-0.3, -0.25) is 4.79 Å². The molecule has 6 nitrogen and oxygen atoms in total. The van der Waals surface area contributed by atoms with Gasteiger partial charge in [0.15, 0.2) is 11.5 Å². The van der Waals surface area contributed by atoms with Gasteiger partial charge < -0.3 is 20.6 Å². The monoisotopic (exact) mass is 291 g/mol. The summed E-state index contributed by atoms with van der Waals surface area (Å²) in [6.45, 7) is 0. The third-order valence-corrected chi connectivity index (χ3v) is 2.70. The van der Waals surface area contributed by atoms with Crippen LogP contribution in [-0.4, -0.2) is 27.2 Å². The summed E-state index contributed by atoms with van der Waals surface area (Å²) < 4.78 is 13.2. The third kappa shape index (κ3) is 3.08. The minimum Gasteiger partial charge on any atom is -0.504 e. The Morgan fingerprint density at radius 2 is 1.71 bits per heavy atom. The van der Waals surface area contributed by atoms with E-state index >= 15 is 0 Å². The number of rotatable bonds is 3. The van der Waals surface area contributed by atoms with Crippen molar-refractivity contribution in [2.45, 2.75) is 0 Å². The lowest BCUT2D eigenvalue weighted by Crippen LogP contribution is -2.15. The van der Waals surface area contributed by atoms with E-state index in [1.54, 1.807) is 0 Å². The van der Waals surface area contributed by atoms with E-state index in [4.69, 9.17) is 10.2 Å². The fraction of sp³-hybridized carbons (Fsp3) is 0. The summed E-state index contributed by atoms with van der Waals surface area (Å²) >= 11 is 0. The molecule has 0 aliphatic carbocycles. The maximum Gasteiger partial charge on any atom is 0.337 e. The largest absolute Gasteiger partial charge is 0.504 e. The molecule has 0 aromatic heterocycles. The molecule has 0 atom stereocenters. The van der Waals surface area contributed by atoms with Crippen LogP contribution in [0.2, 0.25) is 0 Å². The van der Waals surface area contributed by atoms with Crippen LogP contribution < -0.4 is 5.32 Å². The maximum absolute atomic E-state index is 13.2. The number of phenolic OH excluding ortho intramolecular Hbond substituents is 2. The van der Waals surface area contributed by atoms with E-state index in [1.165, 1.54) is 6.07 Å². The highest BCUT2D eigenvalue weighted by Gasteiger charge is 2.15. The summed E-state index contributed by atoms with van der Waals surface area (Å²) in [7, 11) is 0. The zero-order valence-electron chi connectivity index (χ0n) is 10.5. The average molecular weight is 291 g/mol. The maximum atomic E-state index is 13.2. The predicted molar refractivity (Wildman–Crippen MR) is 71.1 cm³/mol. The molecule has 108 valence electrons. The summed E-state index contributed by atoms with van der Waals surface area (Å²) in [5.41, 5.74) is -0.501. The highest BCUT2D eigenvalue weighted by atomic mass is 19.1. The fourth-order valence-corrected chi connectivity index (χ4v) is 1.67. The van der Waals surface area contributed by atoms with Crippen LogP contribution in [0.3, 0.4) is 0 Å². The van der Waals surface area contributed by atoms with E-state index < -0.39 is 29.2 Å². The molecule has 0 fully saturated rings. The minimum atomic E-state index is -1.32. The van der Waals surface area contributed by atoms with Gasteiger partial charge in [0.05, 0.1) is 11.3 Å². The van der Waals surface area contributed by atoms with E-state index in [-0.39, 0.29) is 16.8 Å². The van der Waals surface area contributed by atoms with Gasteiger partial charge in [-0.1, -0.05) is 0 Å². The first-order valence-electron chi connectivity index (χ1n) is 5.74. The molecule has 2 aromatic carbocycles. The van der Waals surface area contributed by atoms with Crippen LogP contribution in [0.1, 0.15) is 20.7 Å². The average Bonchev–Trinajstić information content (AvgIpc) is 2.41. The number of halogens is 1. The van der Waals surface area contributed by atoms with Gasteiger partial charge in [0.2, 0.25) is 0 Å². The summed E-state index contributed by atoms with van der Waals surface area (Å²) in [5, 5.41) is 29.7. The number of carbonyl (C=O) groups is 2. The predicted octanol–water partition coefficient (Wildman–Crippen LogP) is 2.19. The molecule has 2 aromatic rings. The zero-order valence-corrected chi connectivity index (χ0v) is 10.5. The van der Waals surface area contributed by atoms with Gasteiger partial charge in [0.25, 0.3) is 5.91 Å². The molecule has 0 aliphatic rings. The number of hydrogen-bond donors (Lipinski definition) is 4. The third-order valence-electron chi connectivity index (χ3n) is 2.70. The molecule has 0 bridgehead atoms. The Balaban J connectivity index is 2.33. The highest BCUT2D eigenvalue weighted by Crippen LogP contribution is 2.26. The SMILES string of the molecule is O=C(Nc1cc(F)ccc1C(=O)O)c1ccc(O)c(O)c1. The molecule has 0 aliphatic heterocycles. The first-order chi connectivity index (χ1) is 9.88. The van der Waals surface area contributed by atoms with Gasteiger partial charge >= 0.3 is 5.97 Å². The lowest BCUT2D eigenvalue weighted by atomic mass is 10.1. The molecule has 0 saturated heterocycles. The number of carboxylic acids is 1. The normalized spacial score (nSPS) is 10.1. The standard InChI is InChI=1S/C14H10FNO5/c15-8-2-3-9(14(20)21)10(6-8)16-13(19)7-1-4-11(17)12(18)5-7/h1-6,17-18H,(H,16,19)(H,20,21). The van der Waals surface area contributed by atoms with Crippen molar-refractivity contribution in [3.05, 3.63) is 53.3 Å². The van der Waals surface area contributed by atoms with Crippen LogP contribution in [0, 0.1) is 5.82 Å². The topological polar surface area (TPSA) is 107 Å². The number of carboxylic acid groups (broad SMARTS) is 1. The first-order valence-corrected chi connectivity index (χ1v) is 5.74. The van der Waals surface area contributed by atoms with Gasteiger partial charge in [-0.05, 0) is 36.4 Å². The lowest BCUT2D eigenvalue weighted by Gasteiger charge is -2.09. The number of aromatic hydroxyl groups is 2. The Kier molecular flexibility index (Phi) is 3.75. The second kappa shape index (κ2) is 5.49. The molecule has 0 radical (unpaired) electrons. The number of amides is 1. The van der Waals surface area contributed by atoms with Crippen LogP contribution in [0.25, 0.3) is 0 Å². The molecule has 0 saturated carbocycles. The number of benzene rings is 2. The van der Waals surface area contributed by atoms with E-state index in [1.807, 2.05) is 0 Å². The number of carbonyl (C=O) groups excluding carboxylic acids is 1. The Morgan fingerprint density at radius 1 is 1.00 bits per heavy atom. The lowest BCUT2D eigenvalue weighted by molar-refractivity contribution is 0.0698. The molecular formula is C14H10FNO5. The Labute approximate surface area is 118 Å². The van der Waals surface area contributed by atoms with Crippen LogP contribution in [0.5, 0.6) is 11.5 Å². The number of phenols is 2. The van der Waals surface area contributed by atoms with E-state index in [0.29, 0.717) is 0 Å². The van der Waals surface area contributed by atoms with Crippen LogP contribution in [-0.2, 0) is 0 Å². The summed E-state index contributed by atoms with van der Waals surface area (Å²) in [4.78, 5) is 22.9. The van der Waals surface area contributed by atoms with Crippen molar-refractivity contribution in [1.29, 1.82) is 0 Å². The second-order valence-electron chi connectivity index (χ2n) is 4.15. The summed E-state index contributed by atoms with van der Waals surface area (Å²) in [5.74, 6) is -3.68. The Bertz CT molecular complexity index is 729. The smallest absolute Gasteiger partial charge is 0.337 e. The van der Waals surface area contributed by atoms with Gasteiger partial charge in [0.1, 0.15) is 5.82 Å². The van der Waals surface area contributed by atoms with Gasteiger partial charge in [-0.2, -0.15) is 0 Å². The second-order valence-corrected chi connectivity index (χ2v) is 4.15. The van der Waals surface area contributed by atoms with E-state index in [9.17, 15) is 19.1 Å². The van der Waals surface area contributed by atoms with Gasteiger partial charge in [0, 0.05) is 5.56 Å². The van der Waals surface area contributed by atoms with Crippen LogP contribution in [0.4, 0.5) is 10.1 Å². The molecule has 2 rings (SSSR count). The first kappa shape index (κ1) is 14.3. The minimum absolute atomic E-state index is 0.0223. The number of nitrogens with one attached hydrogen (secondary N) is 1. The molecule has 1 amide bonds. The van der Waals surface area contributed by atoms with E-state index in [2.05, 4.69) is 5.32 Å². The quantitative estimate of drug-likeness (QED) is 0.648. The van der Waals surface area contributed by atoms with Crippen molar-refractivity contribution in [2.24, 2.45) is 0 Å². The van der Waals surface area contributed by atoms with Gasteiger partial charge in [-0.15, -0.1) is 0 Å². The highest BCUT2D eigenvalue weighted by molar-refractivity contribution is 6.08. The van der Waals surface area contributed by atoms with Crippen molar-refractivity contribution < 1.29 is 29.3 Å². The molecule has 7 heteroatoms. The van der Waals surface area contributed by atoms with Crippen molar-refractivity contribution in [3.63, 3.8) is 0 Å². The zero-order chi connectivity index (χ0) is 15.6. The van der Waals surface area contributed by atoms with Crippen molar-refractivity contribution in [1.82, 2.24) is 0 Å². The fourth-order valence-electron chi connectivity index (χ4n) is 1.67.